The average molecular weight is 199 g/mol. The monoisotopic (exact) mass is 199 g/mol. The molecule has 0 aromatic heterocycles. The molecule has 14 heavy (non-hydrogen) atoms. The number of unbranched alkanes of at least 4 members (excludes halogenated alkanes) is 1. The standard InChI is InChI=1S/C12H25NO/c1-14-10-6-5-8-11-7-3-2-4-9-12(11)13/h11-12H,2-10,13H2,1H3. The van der Waals surface area contributed by atoms with Gasteiger partial charge in [0.1, 0.15) is 0 Å². The van der Waals surface area contributed by atoms with Crippen molar-refractivity contribution in [3.05, 3.63) is 0 Å². The molecular weight excluding hydrogens is 174 g/mol. The summed E-state index contributed by atoms with van der Waals surface area (Å²) in [4.78, 5) is 0. The van der Waals surface area contributed by atoms with E-state index in [0.29, 0.717) is 6.04 Å². The number of hydrogen-bond acceptors (Lipinski definition) is 2. The van der Waals surface area contributed by atoms with Crippen molar-refractivity contribution in [3.8, 4) is 0 Å². The Bertz CT molecular complexity index is 138. The Morgan fingerprint density at radius 3 is 2.71 bits per heavy atom. The van der Waals surface area contributed by atoms with E-state index < -0.39 is 0 Å². The zero-order chi connectivity index (χ0) is 10.2. The van der Waals surface area contributed by atoms with Gasteiger partial charge < -0.3 is 10.5 Å². The van der Waals surface area contributed by atoms with Crippen LogP contribution < -0.4 is 5.73 Å². The molecule has 2 nitrogen and oxygen atoms in total. The van der Waals surface area contributed by atoms with Crippen molar-refractivity contribution in [1.29, 1.82) is 0 Å². The summed E-state index contributed by atoms with van der Waals surface area (Å²) in [6, 6.07) is 0.472. The summed E-state index contributed by atoms with van der Waals surface area (Å²) in [5, 5.41) is 0. The molecule has 84 valence electrons. The van der Waals surface area contributed by atoms with Crippen molar-refractivity contribution in [2.45, 2.75) is 57.4 Å². The van der Waals surface area contributed by atoms with Gasteiger partial charge in [-0.05, 0) is 31.6 Å². The van der Waals surface area contributed by atoms with Crippen molar-refractivity contribution < 1.29 is 4.74 Å². The van der Waals surface area contributed by atoms with Crippen LogP contribution in [0.3, 0.4) is 0 Å². The number of nitrogens with two attached hydrogens (primary N) is 1. The Morgan fingerprint density at radius 2 is 1.93 bits per heavy atom. The third-order valence-corrected chi connectivity index (χ3v) is 3.39. The van der Waals surface area contributed by atoms with Gasteiger partial charge >= 0.3 is 0 Å². The smallest absolute Gasteiger partial charge is 0.0462 e. The largest absolute Gasteiger partial charge is 0.385 e. The SMILES string of the molecule is COCCCCC1CCCCCC1N. The van der Waals surface area contributed by atoms with Crippen LogP contribution in [0.5, 0.6) is 0 Å². The summed E-state index contributed by atoms with van der Waals surface area (Å²) in [5.41, 5.74) is 6.16. The lowest BCUT2D eigenvalue weighted by molar-refractivity contribution is 0.188. The Morgan fingerprint density at radius 1 is 1.14 bits per heavy atom. The van der Waals surface area contributed by atoms with Gasteiger partial charge in [-0.15, -0.1) is 0 Å². The van der Waals surface area contributed by atoms with Gasteiger partial charge in [0.25, 0.3) is 0 Å². The molecule has 0 saturated heterocycles. The second kappa shape index (κ2) is 7.24. The first-order chi connectivity index (χ1) is 6.84. The zero-order valence-electron chi connectivity index (χ0n) is 9.50. The predicted octanol–water partition coefficient (Wildman–Crippen LogP) is 2.71. The molecule has 0 heterocycles. The van der Waals surface area contributed by atoms with E-state index in [9.17, 15) is 0 Å². The highest BCUT2D eigenvalue weighted by molar-refractivity contribution is 4.76. The summed E-state index contributed by atoms with van der Waals surface area (Å²) in [6.45, 7) is 0.905. The van der Waals surface area contributed by atoms with E-state index in [4.69, 9.17) is 10.5 Å². The predicted molar refractivity (Wildman–Crippen MR) is 60.3 cm³/mol. The number of rotatable bonds is 5. The third-order valence-electron chi connectivity index (χ3n) is 3.39. The molecule has 0 aromatic rings. The fourth-order valence-corrected chi connectivity index (χ4v) is 2.42. The first kappa shape index (κ1) is 12.0. The average Bonchev–Trinajstić information content (AvgIpc) is 2.39. The van der Waals surface area contributed by atoms with Gasteiger partial charge in [0.15, 0.2) is 0 Å². The summed E-state index contributed by atoms with van der Waals surface area (Å²) >= 11 is 0. The van der Waals surface area contributed by atoms with Crippen LogP contribution in [0.25, 0.3) is 0 Å². The highest BCUT2D eigenvalue weighted by Gasteiger charge is 2.19. The van der Waals surface area contributed by atoms with Gasteiger partial charge in [-0.1, -0.05) is 25.7 Å². The summed E-state index contributed by atoms with van der Waals surface area (Å²) in [7, 11) is 1.78. The molecule has 1 fully saturated rings. The molecular formula is C12H25NO. The molecule has 2 unspecified atom stereocenters. The Labute approximate surface area is 88.2 Å². The summed E-state index contributed by atoms with van der Waals surface area (Å²) in [6.07, 6.45) is 10.5. The van der Waals surface area contributed by atoms with Crippen LogP contribution in [0.15, 0.2) is 0 Å². The molecule has 0 aromatic carbocycles. The van der Waals surface area contributed by atoms with Gasteiger partial charge in [0, 0.05) is 19.8 Å². The third kappa shape index (κ3) is 4.43. The van der Waals surface area contributed by atoms with Crippen molar-refractivity contribution in [2.24, 2.45) is 11.7 Å². The van der Waals surface area contributed by atoms with Crippen LogP contribution in [-0.2, 0) is 4.74 Å². The van der Waals surface area contributed by atoms with Gasteiger partial charge in [0.05, 0.1) is 0 Å². The maximum absolute atomic E-state index is 6.16. The summed E-state index contributed by atoms with van der Waals surface area (Å²) < 4.78 is 5.05. The summed E-state index contributed by atoms with van der Waals surface area (Å²) in [5.74, 6) is 0.786. The zero-order valence-corrected chi connectivity index (χ0v) is 9.50. The quantitative estimate of drug-likeness (QED) is 0.546. The molecule has 1 aliphatic rings. The maximum Gasteiger partial charge on any atom is 0.0462 e. The van der Waals surface area contributed by atoms with E-state index in [1.165, 1.54) is 51.4 Å². The van der Waals surface area contributed by atoms with E-state index in [-0.39, 0.29) is 0 Å². The van der Waals surface area contributed by atoms with Gasteiger partial charge in [0.2, 0.25) is 0 Å². The Balaban J connectivity index is 2.13. The number of hydrogen-bond donors (Lipinski definition) is 1. The molecule has 0 radical (unpaired) electrons. The topological polar surface area (TPSA) is 35.2 Å². The van der Waals surface area contributed by atoms with Crippen LogP contribution in [0.2, 0.25) is 0 Å². The van der Waals surface area contributed by atoms with Crippen LogP contribution in [0.1, 0.15) is 51.4 Å². The van der Waals surface area contributed by atoms with Crippen LogP contribution in [-0.4, -0.2) is 19.8 Å². The molecule has 0 bridgehead atoms. The molecule has 1 saturated carbocycles. The van der Waals surface area contributed by atoms with Crippen molar-refractivity contribution in [1.82, 2.24) is 0 Å². The molecule has 1 rings (SSSR count). The lowest BCUT2D eigenvalue weighted by atomic mass is 9.90. The molecule has 2 heteroatoms. The molecule has 1 aliphatic carbocycles. The van der Waals surface area contributed by atoms with E-state index in [2.05, 4.69) is 0 Å². The Hall–Kier alpha value is -0.0800. The van der Waals surface area contributed by atoms with Gasteiger partial charge in [-0.2, -0.15) is 0 Å². The minimum atomic E-state index is 0.472. The lowest BCUT2D eigenvalue weighted by Gasteiger charge is -2.20. The van der Waals surface area contributed by atoms with E-state index >= 15 is 0 Å². The first-order valence-electron chi connectivity index (χ1n) is 6.09. The number of methoxy groups -OCH3 is 1. The van der Waals surface area contributed by atoms with Crippen LogP contribution in [0, 0.1) is 5.92 Å². The van der Waals surface area contributed by atoms with Crippen molar-refractivity contribution in [3.63, 3.8) is 0 Å². The second-order valence-electron chi connectivity index (χ2n) is 4.55. The molecule has 2 N–H and O–H groups in total. The minimum Gasteiger partial charge on any atom is -0.385 e. The van der Waals surface area contributed by atoms with Gasteiger partial charge in [-0.25, -0.2) is 0 Å². The Kier molecular flexibility index (Phi) is 6.20. The van der Waals surface area contributed by atoms with E-state index in [1.807, 2.05) is 0 Å². The van der Waals surface area contributed by atoms with Gasteiger partial charge in [-0.3, -0.25) is 0 Å². The van der Waals surface area contributed by atoms with Crippen LogP contribution >= 0.6 is 0 Å². The fourth-order valence-electron chi connectivity index (χ4n) is 2.42. The highest BCUT2D eigenvalue weighted by atomic mass is 16.5. The van der Waals surface area contributed by atoms with Crippen LogP contribution in [0.4, 0.5) is 0 Å². The minimum absolute atomic E-state index is 0.472. The maximum atomic E-state index is 6.16. The molecule has 0 amide bonds. The first-order valence-corrected chi connectivity index (χ1v) is 6.09. The molecule has 0 aliphatic heterocycles. The molecule has 0 spiro atoms. The normalized spacial score (nSPS) is 28.7. The molecule has 2 atom stereocenters. The van der Waals surface area contributed by atoms with E-state index in [0.717, 1.165) is 12.5 Å². The second-order valence-corrected chi connectivity index (χ2v) is 4.55. The number of ether oxygens (including phenoxy) is 1. The van der Waals surface area contributed by atoms with E-state index in [1.54, 1.807) is 7.11 Å². The van der Waals surface area contributed by atoms with Crippen molar-refractivity contribution in [2.75, 3.05) is 13.7 Å². The highest BCUT2D eigenvalue weighted by Crippen LogP contribution is 2.26. The van der Waals surface area contributed by atoms with Crippen molar-refractivity contribution >= 4 is 0 Å². The lowest BCUT2D eigenvalue weighted by Crippen LogP contribution is -2.28. The fraction of sp³-hybridized carbons (Fsp3) is 1.00.